The molecule has 0 fully saturated rings. The van der Waals surface area contributed by atoms with Crippen LogP contribution in [0, 0.1) is 0 Å². The SMILES string of the molecule is CCCCCNC(C)C(=O)c1ccc2c(c1)OCO2. The molecule has 1 aliphatic heterocycles. The van der Waals surface area contributed by atoms with Gasteiger partial charge in [-0.2, -0.15) is 0 Å². The van der Waals surface area contributed by atoms with Crippen molar-refractivity contribution in [3.05, 3.63) is 23.8 Å². The zero-order valence-electron chi connectivity index (χ0n) is 11.6. The second-order valence-corrected chi connectivity index (χ2v) is 4.82. The molecule has 1 aliphatic rings. The summed E-state index contributed by atoms with van der Waals surface area (Å²) in [4.78, 5) is 12.2. The maximum absolute atomic E-state index is 12.2. The number of benzene rings is 1. The van der Waals surface area contributed by atoms with Crippen LogP contribution in [0.2, 0.25) is 0 Å². The minimum absolute atomic E-state index is 0.0924. The Labute approximate surface area is 114 Å². The number of unbranched alkanes of at least 4 members (excludes halogenated alkanes) is 2. The molecule has 1 aromatic rings. The lowest BCUT2D eigenvalue weighted by Crippen LogP contribution is -2.34. The van der Waals surface area contributed by atoms with E-state index in [0.717, 1.165) is 13.0 Å². The number of hydrogen-bond acceptors (Lipinski definition) is 4. The van der Waals surface area contributed by atoms with Gasteiger partial charge in [0.2, 0.25) is 6.79 Å². The first-order valence-electron chi connectivity index (χ1n) is 6.89. The Bertz CT molecular complexity index is 445. The second kappa shape index (κ2) is 6.57. The number of ketones is 1. The molecule has 0 radical (unpaired) electrons. The summed E-state index contributed by atoms with van der Waals surface area (Å²) in [7, 11) is 0. The van der Waals surface area contributed by atoms with Crippen molar-refractivity contribution in [2.45, 2.75) is 39.2 Å². The van der Waals surface area contributed by atoms with Crippen LogP contribution < -0.4 is 14.8 Å². The fourth-order valence-electron chi connectivity index (χ4n) is 2.09. The molecule has 104 valence electrons. The van der Waals surface area contributed by atoms with Crippen molar-refractivity contribution in [2.24, 2.45) is 0 Å². The largest absolute Gasteiger partial charge is 0.454 e. The Balaban J connectivity index is 1.91. The van der Waals surface area contributed by atoms with Gasteiger partial charge in [0.25, 0.3) is 0 Å². The standard InChI is InChI=1S/C15H21NO3/c1-3-4-5-8-16-11(2)15(17)12-6-7-13-14(9-12)19-10-18-13/h6-7,9,11,16H,3-5,8,10H2,1-2H3. The van der Waals surface area contributed by atoms with Crippen LogP contribution >= 0.6 is 0 Å². The van der Waals surface area contributed by atoms with Gasteiger partial charge in [-0.05, 0) is 38.1 Å². The molecule has 0 bridgehead atoms. The van der Waals surface area contributed by atoms with Gasteiger partial charge in [0.05, 0.1) is 6.04 Å². The maximum atomic E-state index is 12.2. The van der Waals surface area contributed by atoms with Gasteiger partial charge in [0, 0.05) is 5.56 Å². The van der Waals surface area contributed by atoms with Gasteiger partial charge in [-0.15, -0.1) is 0 Å². The summed E-state index contributed by atoms with van der Waals surface area (Å²) in [6.07, 6.45) is 3.49. The van der Waals surface area contributed by atoms with Crippen molar-refractivity contribution in [3.8, 4) is 11.5 Å². The first-order valence-corrected chi connectivity index (χ1v) is 6.89. The van der Waals surface area contributed by atoms with E-state index in [9.17, 15) is 4.79 Å². The molecule has 0 saturated carbocycles. The normalized spacial score (nSPS) is 14.4. The lowest BCUT2D eigenvalue weighted by molar-refractivity contribution is 0.0950. The van der Waals surface area contributed by atoms with Crippen LogP contribution in [0.3, 0.4) is 0 Å². The smallest absolute Gasteiger partial charge is 0.231 e. The molecule has 4 heteroatoms. The molecule has 0 aromatic heterocycles. The second-order valence-electron chi connectivity index (χ2n) is 4.82. The summed E-state index contributed by atoms with van der Waals surface area (Å²) in [5, 5.41) is 3.26. The maximum Gasteiger partial charge on any atom is 0.231 e. The first kappa shape index (κ1) is 13.9. The number of fused-ring (bicyclic) bond motifs is 1. The molecule has 1 unspecified atom stereocenters. The monoisotopic (exact) mass is 263 g/mol. The summed E-state index contributed by atoms with van der Waals surface area (Å²) >= 11 is 0. The Hall–Kier alpha value is -1.55. The predicted octanol–water partition coefficient (Wildman–Crippen LogP) is 2.77. The predicted molar refractivity (Wildman–Crippen MR) is 73.9 cm³/mol. The van der Waals surface area contributed by atoms with Gasteiger partial charge < -0.3 is 14.8 Å². The highest BCUT2D eigenvalue weighted by atomic mass is 16.7. The van der Waals surface area contributed by atoms with Crippen molar-refractivity contribution < 1.29 is 14.3 Å². The Morgan fingerprint density at radius 3 is 2.89 bits per heavy atom. The average molecular weight is 263 g/mol. The molecule has 4 nitrogen and oxygen atoms in total. The summed E-state index contributed by atoms with van der Waals surface area (Å²) in [5.41, 5.74) is 0.666. The van der Waals surface area contributed by atoms with E-state index < -0.39 is 0 Å². The van der Waals surface area contributed by atoms with Crippen LogP contribution in [0.4, 0.5) is 0 Å². The molecule has 0 amide bonds. The molecular formula is C15H21NO3. The van der Waals surface area contributed by atoms with Gasteiger partial charge in [-0.25, -0.2) is 0 Å². The van der Waals surface area contributed by atoms with E-state index in [2.05, 4.69) is 12.2 Å². The number of hydrogen-bond donors (Lipinski definition) is 1. The third-order valence-corrected chi connectivity index (χ3v) is 3.28. The fraction of sp³-hybridized carbons (Fsp3) is 0.533. The van der Waals surface area contributed by atoms with Crippen LogP contribution in [-0.2, 0) is 0 Å². The topological polar surface area (TPSA) is 47.6 Å². The molecular weight excluding hydrogens is 242 g/mol. The van der Waals surface area contributed by atoms with Gasteiger partial charge in [-0.1, -0.05) is 19.8 Å². The summed E-state index contributed by atoms with van der Waals surface area (Å²) < 4.78 is 10.5. The number of Topliss-reactive ketones (excluding diaryl/α,β-unsaturated/α-hetero) is 1. The highest BCUT2D eigenvalue weighted by Gasteiger charge is 2.19. The van der Waals surface area contributed by atoms with Crippen molar-refractivity contribution >= 4 is 5.78 Å². The van der Waals surface area contributed by atoms with E-state index in [1.165, 1.54) is 12.8 Å². The Morgan fingerprint density at radius 1 is 1.32 bits per heavy atom. The molecule has 1 atom stereocenters. The van der Waals surface area contributed by atoms with Gasteiger partial charge in [-0.3, -0.25) is 4.79 Å². The van der Waals surface area contributed by atoms with E-state index in [4.69, 9.17) is 9.47 Å². The van der Waals surface area contributed by atoms with E-state index in [1.54, 1.807) is 18.2 Å². The molecule has 1 N–H and O–H groups in total. The van der Waals surface area contributed by atoms with Crippen molar-refractivity contribution in [1.82, 2.24) is 5.32 Å². The molecule has 2 rings (SSSR count). The zero-order chi connectivity index (χ0) is 13.7. The van der Waals surface area contributed by atoms with E-state index in [1.807, 2.05) is 6.92 Å². The van der Waals surface area contributed by atoms with Gasteiger partial charge >= 0.3 is 0 Å². The molecule has 0 aliphatic carbocycles. The van der Waals surface area contributed by atoms with E-state index in [-0.39, 0.29) is 18.6 Å². The van der Waals surface area contributed by atoms with Crippen LogP contribution in [0.25, 0.3) is 0 Å². The number of nitrogens with one attached hydrogen (secondary N) is 1. The minimum Gasteiger partial charge on any atom is -0.454 e. The third kappa shape index (κ3) is 3.47. The van der Waals surface area contributed by atoms with E-state index in [0.29, 0.717) is 17.1 Å². The average Bonchev–Trinajstić information content (AvgIpc) is 2.89. The number of ether oxygens (including phenoxy) is 2. The zero-order valence-corrected chi connectivity index (χ0v) is 11.6. The van der Waals surface area contributed by atoms with Crippen molar-refractivity contribution in [3.63, 3.8) is 0 Å². The van der Waals surface area contributed by atoms with E-state index >= 15 is 0 Å². The van der Waals surface area contributed by atoms with Crippen LogP contribution in [-0.4, -0.2) is 25.2 Å². The molecule has 19 heavy (non-hydrogen) atoms. The van der Waals surface area contributed by atoms with Gasteiger partial charge in [0.15, 0.2) is 17.3 Å². The highest BCUT2D eigenvalue weighted by Crippen LogP contribution is 2.32. The lowest BCUT2D eigenvalue weighted by atomic mass is 10.0. The quantitative estimate of drug-likeness (QED) is 0.607. The Morgan fingerprint density at radius 2 is 2.11 bits per heavy atom. The summed E-state index contributed by atoms with van der Waals surface area (Å²) in [6, 6.07) is 5.17. The molecule has 1 aromatic carbocycles. The Kier molecular flexibility index (Phi) is 4.80. The van der Waals surface area contributed by atoms with Crippen LogP contribution in [0.15, 0.2) is 18.2 Å². The van der Waals surface area contributed by atoms with Crippen LogP contribution in [0.5, 0.6) is 11.5 Å². The molecule has 1 heterocycles. The van der Waals surface area contributed by atoms with Crippen LogP contribution in [0.1, 0.15) is 43.5 Å². The molecule has 0 spiro atoms. The number of carbonyl (C=O) groups is 1. The summed E-state index contributed by atoms with van der Waals surface area (Å²) in [5.74, 6) is 1.46. The fourth-order valence-corrected chi connectivity index (χ4v) is 2.09. The third-order valence-electron chi connectivity index (χ3n) is 3.28. The number of rotatable bonds is 7. The van der Waals surface area contributed by atoms with Crippen molar-refractivity contribution in [2.75, 3.05) is 13.3 Å². The lowest BCUT2D eigenvalue weighted by Gasteiger charge is -2.12. The number of carbonyl (C=O) groups excluding carboxylic acids is 1. The van der Waals surface area contributed by atoms with Crippen molar-refractivity contribution in [1.29, 1.82) is 0 Å². The summed E-state index contributed by atoms with van der Waals surface area (Å²) in [6.45, 7) is 5.18. The van der Waals surface area contributed by atoms with Gasteiger partial charge in [0.1, 0.15) is 0 Å². The first-order chi connectivity index (χ1) is 9.22. The minimum atomic E-state index is -0.169. The molecule has 0 saturated heterocycles. The highest BCUT2D eigenvalue weighted by molar-refractivity contribution is 6.00.